The summed E-state index contributed by atoms with van der Waals surface area (Å²) in [6.07, 6.45) is 13.8. The van der Waals surface area contributed by atoms with Crippen molar-refractivity contribution in [1.82, 2.24) is 9.47 Å². The lowest BCUT2D eigenvalue weighted by molar-refractivity contribution is -0.132. The maximum absolute atomic E-state index is 12.5. The van der Waals surface area contributed by atoms with Gasteiger partial charge >= 0.3 is 0 Å². The van der Waals surface area contributed by atoms with E-state index in [0.29, 0.717) is 12.3 Å². The van der Waals surface area contributed by atoms with E-state index in [9.17, 15) is 4.79 Å². The maximum Gasteiger partial charge on any atom is 0.222 e. The number of rotatable bonds is 13. The van der Waals surface area contributed by atoms with Crippen LogP contribution in [0.5, 0.6) is 0 Å². The van der Waals surface area contributed by atoms with Gasteiger partial charge in [0.15, 0.2) is 0 Å². The number of aryl methyl sites for hydroxylation is 1. The summed E-state index contributed by atoms with van der Waals surface area (Å²) in [6.45, 7) is 6.06. The Morgan fingerprint density at radius 3 is 2.26 bits per heavy atom. The van der Waals surface area contributed by atoms with Gasteiger partial charge in [0.25, 0.3) is 0 Å². The zero-order valence-electron chi connectivity index (χ0n) is 15.5. The lowest BCUT2D eigenvalue weighted by atomic mass is 10.1. The van der Waals surface area contributed by atoms with Crippen LogP contribution in [0.4, 0.5) is 0 Å². The number of carbonyl (C=O) groups is 1. The standard InChI is InChI=1S/C20H36N2O/c1-4-6-8-9-10-11-12-15-20(23)22(17-7-5-2)18-19-14-13-16-21(19)3/h13-14,16H,4-12,15,17-18H2,1-3H3. The fourth-order valence-corrected chi connectivity index (χ4v) is 2.89. The summed E-state index contributed by atoms with van der Waals surface area (Å²) in [5, 5.41) is 0. The molecule has 0 atom stereocenters. The van der Waals surface area contributed by atoms with E-state index in [1.165, 1.54) is 44.2 Å². The van der Waals surface area contributed by atoms with E-state index < -0.39 is 0 Å². The highest BCUT2D eigenvalue weighted by Gasteiger charge is 2.14. The number of hydrogen-bond acceptors (Lipinski definition) is 1. The van der Waals surface area contributed by atoms with Crippen LogP contribution in [0.15, 0.2) is 18.3 Å². The summed E-state index contributed by atoms with van der Waals surface area (Å²) in [6, 6.07) is 4.16. The molecule has 0 bridgehead atoms. The molecule has 0 spiro atoms. The Morgan fingerprint density at radius 2 is 1.65 bits per heavy atom. The number of aromatic nitrogens is 1. The van der Waals surface area contributed by atoms with Gasteiger partial charge in [-0.1, -0.05) is 58.8 Å². The van der Waals surface area contributed by atoms with Crippen LogP contribution in [0.2, 0.25) is 0 Å². The second-order valence-electron chi connectivity index (χ2n) is 6.65. The van der Waals surface area contributed by atoms with Gasteiger partial charge in [0, 0.05) is 31.9 Å². The van der Waals surface area contributed by atoms with Crippen molar-refractivity contribution in [2.75, 3.05) is 6.54 Å². The molecule has 3 nitrogen and oxygen atoms in total. The largest absolute Gasteiger partial charge is 0.353 e. The average Bonchev–Trinajstić information content (AvgIpc) is 2.95. The first-order valence-electron chi connectivity index (χ1n) is 9.57. The van der Waals surface area contributed by atoms with Gasteiger partial charge in [-0.25, -0.2) is 0 Å². The van der Waals surface area contributed by atoms with Crippen LogP contribution in [0, 0.1) is 0 Å². The zero-order chi connectivity index (χ0) is 16.9. The minimum atomic E-state index is 0.327. The molecule has 0 aliphatic carbocycles. The number of unbranched alkanes of at least 4 members (excludes halogenated alkanes) is 7. The topological polar surface area (TPSA) is 25.2 Å². The molecule has 132 valence electrons. The third kappa shape index (κ3) is 8.24. The van der Waals surface area contributed by atoms with Gasteiger partial charge in [-0.15, -0.1) is 0 Å². The van der Waals surface area contributed by atoms with E-state index in [2.05, 4.69) is 29.4 Å². The summed E-state index contributed by atoms with van der Waals surface area (Å²) < 4.78 is 2.11. The number of hydrogen-bond donors (Lipinski definition) is 0. The molecule has 1 aromatic rings. The van der Waals surface area contributed by atoms with Gasteiger partial charge < -0.3 is 9.47 Å². The van der Waals surface area contributed by atoms with Crippen molar-refractivity contribution in [2.45, 2.75) is 84.6 Å². The molecule has 0 N–H and O–H groups in total. The molecule has 23 heavy (non-hydrogen) atoms. The Balaban J connectivity index is 2.32. The van der Waals surface area contributed by atoms with Gasteiger partial charge in [-0.05, 0) is 25.0 Å². The minimum Gasteiger partial charge on any atom is -0.353 e. The van der Waals surface area contributed by atoms with Crippen molar-refractivity contribution in [3.05, 3.63) is 24.0 Å². The van der Waals surface area contributed by atoms with E-state index in [4.69, 9.17) is 0 Å². The molecule has 1 amide bonds. The third-order valence-electron chi connectivity index (χ3n) is 4.53. The molecule has 0 saturated heterocycles. The Kier molecular flexibility index (Phi) is 10.5. The SMILES string of the molecule is CCCCCCCCCC(=O)N(CCCC)Cc1cccn1C. The molecular formula is C20H36N2O. The molecule has 1 aromatic heterocycles. The normalized spacial score (nSPS) is 10.9. The van der Waals surface area contributed by atoms with Gasteiger partial charge in [0.05, 0.1) is 6.54 Å². The smallest absolute Gasteiger partial charge is 0.222 e. The first-order chi connectivity index (χ1) is 11.2. The molecule has 0 aliphatic heterocycles. The second kappa shape index (κ2) is 12.2. The Bertz CT molecular complexity index is 425. The van der Waals surface area contributed by atoms with Crippen molar-refractivity contribution >= 4 is 5.91 Å². The summed E-state index contributed by atoms with van der Waals surface area (Å²) in [7, 11) is 2.05. The molecule has 0 aliphatic rings. The lowest BCUT2D eigenvalue weighted by Gasteiger charge is -2.23. The molecule has 3 heteroatoms. The second-order valence-corrected chi connectivity index (χ2v) is 6.65. The monoisotopic (exact) mass is 320 g/mol. The molecule has 0 saturated carbocycles. The van der Waals surface area contributed by atoms with Crippen molar-refractivity contribution in [1.29, 1.82) is 0 Å². The molecule has 1 rings (SSSR count). The van der Waals surface area contributed by atoms with E-state index in [0.717, 1.165) is 32.4 Å². The zero-order valence-corrected chi connectivity index (χ0v) is 15.5. The maximum atomic E-state index is 12.5. The van der Waals surface area contributed by atoms with Gasteiger partial charge in [0.1, 0.15) is 0 Å². The van der Waals surface area contributed by atoms with Crippen molar-refractivity contribution in [2.24, 2.45) is 7.05 Å². The van der Waals surface area contributed by atoms with E-state index in [1.54, 1.807) is 0 Å². The van der Waals surface area contributed by atoms with Crippen LogP contribution in [0.1, 0.15) is 83.7 Å². The Labute approximate surface area is 143 Å². The highest BCUT2D eigenvalue weighted by Crippen LogP contribution is 2.12. The molecule has 0 fully saturated rings. The van der Waals surface area contributed by atoms with Crippen LogP contribution >= 0.6 is 0 Å². The van der Waals surface area contributed by atoms with E-state index >= 15 is 0 Å². The van der Waals surface area contributed by atoms with Crippen molar-refractivity contribution < 1.29 is 4.79 Å². The molecule has 0 unspecified atom stereocenters. The molecular weight excluding hydrogens is 284 g/mol. The molecule has 0 radical (unpaired) electrons. The van der Waals surface area contributed by atoms with Crippen molar-refractivity contribution in [3.8, 4) is 0 Å². The average molecular weight is 321 g/mol. The lowest BCUT2D eigenvalue weighted by Crippen LogP contribution is -2.32. The quantitative estimate of drug-likeness (QED) is 0.453. The summed E-state index contributed by atoms with van der Waals surface area (Å²) >= 11 is 0. The van der Waals surface area contributed by atoms with Gasteiger partial charge in [-0.2, -0.15) is 0 Å². The Morgan fingerprint density at radius 1 is 1.00 bits per heavy atom. The first kappa shape index (κ1) is 19.8. The highest BCUT2D eigenvalue weighted by molar-refractivity contribution is 5.76. The van der Waals surface area contributed by atoms with Crippen LogP contribution < -0.4 is 0 Å². The predicted molar refractivity (Wildman–Crippen MR) is 98.3 cm³/mol. The highest BCUT2D eigenvalue weighted by atomic mass is 16.2. The van der Waals surface area contributed by atoms with Crippen molar-refractivity contribution in [3.63, 3.8) is 0 Å². The van der Waals surface area contributed by atoms with Crippen LogP contribution in [-0.4, -0.2) is 21.9 Å². The number of amides is 1. The molecule has 1 heterocycles. The summed E-state index contributed by atoms with van der Waals surface area (Å²) in [5.74, 6) is 0.327. The molecule has 0 aromatic carbocycles. The predicted octanol–water partition coefficient (Wildman–Crippen LogP) is 5.29. The fourth-order valence-electron chi connectivity index (χ4n) is 2.89. The van der Waals surface area contributed by atoms with E-state index in [-0.39, 0.29) is 0 Å². The van der Waals surface area contributed by atoms with Gasteiger partial charge in [0.2, 0.25) is 5.91 Å². The number of carbonyl (C=O) groups excluding carboxylic acids is 1. The van der Waals surface area contributed by atoms with Crippen LogP contribution in [0.25, 0.3) is 0 Å². The summed E-state index contributed by atoms with van der Waals surface area (Å²) in [4.78, 5) is 14.6. The Hall–Kier alpha value is -1.25. The van der Waals surface area contributed by atoms with E-state index in [1.807, 2.05) is 19.3 Å². The summed E-state index contributed by atoms with van der Waals surface area (Å²) in [5.41, 5.74) is 1.22. The fraction of sp³-hybridized carbons (Fsp3) is 0.750. The first-order valence-corrected chi connectivity index (χ1v) is 9.57. The number of nitrogens with zero attached hydrogens (tertiary/aromatic N) is 2. The van der Waals surface area contributed by atoms with Crippen LogP contribution in [0.3, 0.4) is 0 Å². The third-order valence-corrected chi connectivity index (χ3v) is 4.53. The van der Waals surface area contributed by atoms with Gasteiger partial charge in [-0.3, -0.25) is 4.79 Å². The van der Waals surface area contributed by atoms with Crippen LogP contribution in [-0.2, 0) is 18.4 Å². The minimum absolute atomic E-state index is 0.327.